The summed E-state index contributed by atoms with van der Waals surface area (Å²) in [6, 6.07) is 12.5. The molecule has 6 heteroatoms. The van der Waals surface area contributed by atoms with Gasteiger partial charge in [0.05, 0.1) is 29.7 Å². The molecule has 0 radical (unpaired) electrons. The lowest BCUT2D eigenvalue weighted by Gasteiger charge is -2.25. The van der Waals surface area contributed by atoms with Crippen LogP contribution in [0.2, 0.25) is 0 Å². The number of nitrogens with zero attached hydrogens (tertiary/aromatic N) is 1. The third kappa shape index (κ3) is 4.15. The van der Waals surface area contributed by atoms with Crippen molar-refractivity contribution in [2.45, 2.75) is 46.3 Å². The minimum absolute atomic E-state index is 0.125. The average molecular weight is 436 g/mol. The first-order valence-corrected chi connectivity index (χ1v) is 11.1. The van der Waals surface area contributed by atoms with Crippen LogP contribution in [0.1, 0.15) is 60.5 Å². The highest BCUT2D eigenvalue weighted by molar-refractivity contribution is 5.99. The number of carbonyl (C=O) groups is 1. The summed E-state index contributed by atoms with van der Waals surface area (Å²) in [5.74, 6) is 0.622. The molecule has 0 spiro atoms. The number of amides is 1. The van der Waals surface area contributed by atoms with Crippen LogP contribution in [0.15, 0.2) is 51.7 Å². The molecule has 0 aliphatic carbocycles. The predicted molar refractivity (Wildman–Crippen MR) is 123 cm³/mol. The van der Waals surface area contributed by atoms with Crippen LogP contribution in [0, 0.1) is 6.92 Å². The molecule has 1 amide bonds. The number of carbonyl (C=O) groups excluding carboxylic acids is 1. The molecule has 1 atom stereocenters. The average Bonchev–Trinajstić information content (AvgIpc) is 3.04. The highest BCUT2D eigenvalue weighted by Gasteiger charge is 2.42. The minimum atomic E-state index is -0.506. The molecule has 3 aromatic rings. The first kappa shape index (κ1) is 22.1. The van der Waals surface area contributed by atoms with Crippen molar-refractivity contribution in [1.29, 1.82) is 0 Å². The van der Waals surface area contributed by atoms with Crippen LogP contribution in [0.4, 0.5) is 0 Å². The van der Waals surface area contributed by atoms with E-state index in [2.05, 4.69) is 0 Å². The molecule has 2 heterocycles. The lowest BCUT2D eigenvalue weighted by molar-refractivity contribution is 0.0593. The molecule has 4 rings (SSSR count). The molecule has 0 saturated heterocycles. The number of hydrogen-bond acceptors (Lipinski definition) is 5. The molecule has 32 heavy (non-hydrogen) atoms. The van der Waals surface area contributed by atoms with Gasteiger partial charge in [0.2, 0.25) is 5.76 Å². The van der Waals surface area contributed by atoms with Gasteiger partial charge < -0.3 is 18.8 Å². The second-order valence-corrected chi connectivity index (χ2v) is 8.35. The van der Waals surface area contributed by atoms with Crippen molar-refractivity contribution in [2.75, 3.05) is 19.8 Å². The fraction of sp³-hybridized carbons (Fsp3) is 0.385. The van der Waals surface area contributed by atoms with Crippen molar-refractivity contribution in [2.24, 2.45) is 0 Å². The Labute approximate surface area is 187 Å². The Morgan fingerprint density at radius 1 is 1.09 bits per heavy atom. The van der Waals surface area contributed by atoms with Crippen LogP contribution in [0.3, 0.4) is 0 Å². The van der Waals surface area contributed by atoms with Crippen LogP contribution in [0.5, 0.6) is 5.75 Å². The van der Waals surface area contributed by atoms with E-state index in [1.54, 1.807) is 11.0 Å². The molecule has 1 aliphatic heterocycles. The third-order valence-corrected chi connectivity index (χ3v) is 5.62. The lowest BCUT2D eigenvalue weighted by atomic mass is 9.98. The van der Waals surface area contributed by atoms with Gasteiger partial charge in [0, 0.05) is 13.2 Å². The highest BCUT2D eigenvalue weighted by Crippen LogP contribution is 2.38. The third-order valence-electron chi connectivity index (χ3n) is 5.62. The summed E-state index contributed by atoms with van der Waals surface area (Å²) in [6.45, 7) is 9.40. The molecule has 6 nitrogen and oxygen atoms in total. The number of rotatable bonds is 8. The Bertz CT molecular complexity index is 1180. The van der Waals surface area contributed by atoms with E-state index in [0.717, 1.165) is 16.9 Å². The molecule has 1 unspecified atom stereocenters. The van der Waals surface area contributed by atoms with E-state index in [4.69, 9.17) is 13.9 Å². The maximum atomic E-state index is 13.5. The molecule has 168 valence electrons. The molecule has 0 N–H and O–H groups in total. The van der Waals surface area contributed by atoms with Crippen molar-refractivity contribution >= 4 is 16.9 Å². The Balaban J connectivity index is 1.79. The van der Waals surface area contributed by atoms with E-state index in [0.29, 0.717) is 42.7 Å². The molecule has 0 fully saturated rings. The highest BCUT2D eigenvalue weighted by atomic mass is 16.5. The normalized spacial score (nSPS) is 15.6. The number of benzene rings is 2. The first-order valence-electron chi connectivity index (χ1n) is 11.1. The van der Waals surface area contributed by atoms with Gasteiger partial charge in [-0.1, -0.05) is 23.8 Å². The van der Waals surface area contributed by atoms with Crippen LogP contribution < -0.4 is 10.2 Å². The zero-order chi connectivity index (χ0) is 22.8. The van der Waals surface area contributed by atoms with Gasteiger partial charge in [0.1, 0.15) is 11.3 Å². The summed E-state index contributed by atoms with van der Waals surface area (Å²) in [5, 5.41) is 0.498. The first-order chi connectivity index (χ1) is 15.4. The van der Waals surface area contributed by atoms with Crippen LogP contribution in [-0.2, 0) is 4.74 Å². The summed E-state index contributed by atoms with van der Waals surface area (Å²) in [6.07, 6.45) is 0.790. The largest absolute Gasteiger partial charge is 0.494 e. The Morgan fingerprint density at radius 2 is 1.84 bits per heavy atom. The fourth-order valence-corrected chi connectivity index (χ4v) is 4.18. The maximum absolute atomic E-state index is 13.5. The summed E-state index contributed by atoms with van der Waals surface area (Å²) < 4.78 is 17.2. The molecule has 2 aromatic carbocycles. The van der Waals surface area contributed by atoms with Gasteiger partial charge in [-0.05, 0) is 63.9 Å². The predicted octanol–water partition coefficient (Wildman–Crippen LogP) is 4.86. The van der Waals surface area contributed by atoms with Crippen LogP contribution >= 0.6 is 0 Å². The van der Waals surface area contributed by atoms with Gasteiger partial charge in [-0.15, -0.1) is 0 Å². The maximum Gasteiger partial charge on any atom is 0.290 e. The van der Waals surface area contributed by atoms with Crippen molar-refractivity contribution in [3.05, 3.63) is 75.1 Å². The van der Waals surface area contributed by atoms with Crippen molar-refractivity contribution in [3.8, 4) is 5.75 Å². The molecular formula is C26H29NO5. The number of hydrogen-bond donors (Lipinski definition) is 0. The lowest BCUT2D eigenvalue weighted by Crippen LogP contribution is -2.31. The quantitative estimate of drug-likeness (QED) is 0.473. The number of aryl methyl sites for hydroxylation is 1. The molecular weight excluding hydrogens is 406 g/mol. The van der Waals surface area contributed by atoms with Crippen molar-refractivity contribution in [3.63, 3.8) is 0 Å². The summed E-state index contributed by atoms with van der Waals surface area (Å²) in [5.41, 5.74) is 2.50. The van der Waals surface area contributed by atoms with E-state index in [1.807, 2.05) is 64.1 Å². The minimum Gasteiger partial charge on any atom is -0.494 e. The monoisotopic (exact) mass is 435 g/mol. The van der Waals surface area contributed by atoms with Gasteiger partial charge in [-0.2, -0.15) is 0 Å². The van der Waals surface area contributed by atoms with Gasteiger partial charge >= 0.3 is 0 Å². The summed E-state index contributed by atoms with van der Waals surface area (Å²) in [4.78, 5) is 28.6. The number of ether oxygens (including phenoxy) is 2. The molecule has 1 aromatic heterocycles. The second-order valence-electron chi connectivity index (χ2n) is 8.35. The number of fused-ring (bicyclic) bond motifs is 2. The second kappa shape index (κ2) is 9.17. The van der Waals surface area contributed by atoms with Crippen LogP contribution in [0.25, 0.3) is 11.0 Å². The summed E-state index contributed by atoms with van der Waals surface area (Å²) >= 11 is 0. The standard InChI is InChI=1S/C26H29NO5/c1-5-30-19-10-8-18(9-11-19)23-22-24(28)20-15-17(4)7-12-21(20)32-25(22)26(29)27(23)13-6-14-31-16(2)3/h7-12,15-16,23H,5-6,13-14H2,1-4H3. The summed E-state index contributed by atoms with van der Waals surface area (Å²) in [7, 11) is 0. The van der Waals surface area contributed by atoms with Gasteiger partial charge in [0.25, 0.3) is 5.91 Å². The topological polar surface area (TPSA) is 69.0 Å². The molecule has 0 bridgehead atoms. The van der Waals surface area contributed by atoms with E-state index >= 15 is 0 Å². The van der Waals surface area contributed by atoms with Crippen molar-refractivity contribution in [1.82, 2.24) is 4.90 Å². The smallest absolute Gasteiger partial charge is 0.290 e. The zero-order valence-electron chi connectivity index (χ0n) is 19.0. The van der Waals surface area contributed by atoms with Gasteiger partial charge in [-0.3, -0.25) is 9.59 Å². The SMILES string of the molecule is CCOc1ccc(C2c3c(oc4ccc(C)cc4c3=O)C(=O)N2CCCOC(C)C)cc1. The fourth-order valence-electron chi connectivity index (χ4n) is 4.18. The Morgan fingerprint density at radius 3 is 2.53 bits per heavy atom. The Kier molecular flexibility index (Phi) is 6.33. The van der Waals surface area contributed by atoms with Crippen LogP contribution in [-0.4, -0.2) is 36.7 Å². The zero-order valence-corrected chi connectivity index (χ0v) is 19.0. The van der Waals surface area contributed by atoms with E-state index in [9.17, 15) is 9.59 Å². The van der Waals surface area contributed by atoms with E-state index in [1.165, 1.54) is 0 Å². The van der Waals surface area contributed by atoms with Crippen molar-refractivity contribution < 1.29 is 18.7 Å². The Hall–Kier alpha value is -3.12. The van der Waals surface area contributed by atoms with Gasteiger partial charge in [-0.25, -0.2) is 0 Å². The van der Waals surface area contributed by atoms with E-state index < -0.39 is 6.04 Å². The van der Waals surface area contributed by atoms with E-state index in [-0.39, 0.29) is 23.2 Å². The molecule has 1 aliphatic rings. The molecule has 0 saturated carbocycles. The van der Waals surface area contributed by atoms with Gasteiger partial charge in [0.15, 0.2) is 5.43 Å².